The Bertz CT molecular complexity index is 324. The number of hydrogen-bond acceptors (Lipinski definition) is 1. The zero-order valence-electron chi connectivity index (χ0n) is 10.4. The minimum absolute atomic E-state index is 0.0577. The van der Waals surface area contributed by atoms with Crippen molar-refractivity contribution in [1.82, 2.24) is 5.32 Å². The molecule has 0 spiro atoms. The molecule has 0 heterocycles. The summed E-state index contributed by atoms with van der Waals surface area (Å²) in [5.74, 6) is 0.542. The Kier molecular flexibility index (Phi) is 3.96. The van der Waals surface area contributed by atoms with Crippen molar-refractivity contribution in [3.05, 3.63) is 9.47 Å². The highest BCUT2D eigenvalue weighted by molar-refractivity contribution is 9.28. The summed E-state index contributed by atoms with van der Waals surface area (Å²) in [5.41, 5.74) is -0.0994. The zero-order chi connectivity index (χ0) is 12.7. The van der Waals surface area contributed by atoms with Gasteiger partial charge in [-0.15, -0.1) is 0 Å². The lowest BCUT2D eigenvalue weighted by atomic mass is 10.1. The number of hydrogen-bond donors (Lipinski definition) is 1. The minimum atomic E-state index is -0.157. The molecule has 0 aliphatic heterocycles. The van der Waals surface area contributed by atoms with E-state index in [2.05, 4.69) is 57.1 Å². The first kappa shape index (κ1) is 14.2. The van der Waals surface area contributed by atoms with Crippen molar-refractivity contribution in [2.45, 2.75) is 40.2 Å². The van der Waals surface area contributed by atoms with Gasteiger partial charge < -0.3 is 5.32 Å². The largest absolute Gasteiger partial charge is 0.351 e. The molecule has 1 saturated carbocycles. The summed E-state index contributed by atoms with van der Waals surface area (Å²) in [7, 11) is 0. The molecule has 1 aliphatic carbocycles. The van der Waals surface area contributed by atoms with Crippen LogP contribution in [0, 0.1) is 17.3 Å². The number of amides is 1. The van der Waals surface area contributed by atoms with E-state index in [9.17, 15) is 4.79 Å². The van der Waals surface area contributed by atoms with Gasteiger partial charge in [0.2, 0.25) is 5.91 Å². The quantitative estimate of drug-likeness (QED) is 0.804. The summed E-state index contributed by atoms with van der Waals surface area (Å²) in [6.45, 7) is 10.3. The first-order valence-electron chi connectivity index (χ1n) is 5.40. The van der Waals surface area contributed by atoms with Gasteiger partial charge in [0.15, 0.2) is 0 Å². The van der Waals surface area contributed by atoms with E-state index in [1.54, 1.807) is 0 Å². The maximum Gasteiger partial charge on any atom is 0.224 e. The van der Waals surface area contributed by atoms with Crippen LogP contribution in [-0.2, 0) is 4.79 Å². The van der Waals surface area contributed by atoms with E-state index >= 15 is 0 Å². The monoisotopic (exact) mass is 351 g/mol. The summed E-state index contributed by atoms with van der Waals surface area (Å²) < 4.78 is 0.920. The molecule has 0 aromatic rings. The first-order valence-corrected chi connectivity index (χ1v) is 6.99. The van der Waals surface area contributed by atoms with Gasteiger partial charge in [0.25, 0.3) is 0 Å². The molecule has 2 unspecified atom stereocenters. The molecule has 16 heavy (non-hydrogen) atoms. The van der Waals surface area contributed by atoms with E-state index in [1.807, 2.05) is 20.8 Å². The van der Waals surface area contributed by atoms with Crippen LogP contribution in [-0.4, -0.2) is 11.4 Å². The Morgan fingerprint density at radius 1 is 1.31 bits per heavy atom. The molecule has 0 bridgehead atoms. The molecule has 2 atom stereocenters. The highest BCUT2D eigenvalue weighted by Gasteiger charge is 2.60. The molecule has 2 nitrogen and oxygen atoms in total. The van der Waals surface area contributed by atoms with Crippen molar-refractivity contribution in [2.24, 2.45) is 17.3 Å². The predicted octanol–water partition coefficient (Wildman–Crippen LogP) is 3.80. The first-order chi connectivity index (χ1) is 7.05. The van der Waals surface area contributed by atoms with Crippen molar-refractivity contribution < 1.29 is 4.79 Å². The van der Waals surface area contributed by atoms with Crippen molar-refractivity contribution >= 4 is 37.8 Å². The van der Waals surface area contributed by atoms with E-state index in [1.165, 1.54) is 0 Å². The average Bonchev–Trinajstić information content (AvgIpc) is 2.47. The number of nitrogens with one attached hydrogen (secondary N) is 1. The fraction of sp³-hybridized carbons (Fsp3) is 0.750. The third-order valence-electron chi connectivity index (χ3n) is 3.00. The highest BCUT2D eigenvalue weighted by Crippen LogP contribution is 2.59. The molecule has 0 aromatic heterocycles. The van der Waals surface area contributed by atoms with Gasteiger partial charge in [-0.3, -0.25) is 4.79 Å². The molecule has 0 aromatic carbocycles. The van der Waals surface area contributed by atoms with Crippen LogP contribution in [0.4, 0.5) is 0 Å². The molecule has 1 N–H and O–H groups in total. The molecule has 1 fully saturated rings. The smallest absolute Gasteiger partial charge is 0.224 e. The van der Waals surface area contributed by atoms with Gasteiger partial charge in [-0.05, 0) is 64.0 Å². The molecule has 4 heteroatoms. The summed E-state index contributed by atoms with van der Waals surface area (Å²) in [6, 6.07) is 0. The van der Waals surface area contributed by atoms with E-state index in [0.29, 0.717) is 5.92 Å². The van der Waals surface area contributed by atoms with Gasteiger partial charge >= 0.3 is 0 Å². The summed E-state index contributed by atoms with van der Waals surface area (Å²) in [5, 5.41) is 3.04. The van der Waals surface area contributed by atoms with Crippen LogP contribution in [0.25, 0.3) is 0 Å². The van der Waals surface area contributed by atoms with Crippen LogP contribution >= 0.6 is 31.9 Å². The van der Waals surface area contributed by atoms with Crippen molar-refractivity contribution in [2.75, 3.05) is 0 Å². The Morgan fingerprint density at radius 2 is 1.81 bits per heavy atom. The lowest BCUT2D eigenvalue weighted by molar-refractivity contribution is -0.124. The van der Waals surface area contributed by atoms with Gasteiger partial charge in [0.05, 0.1) is 9.31 Å². The number of rotatable bonds is 2. The predicted molar refractivity (Wildman–Crippen MR) is 74.6 cm³/mol. The normalized spacial score (nSPS) is 27.2. The number of carbonyl (C=O) groups is 1. The molecule has 0 radical (unpaired) electrons. The summed E-state index contributed by atoms with van der Waals surface area (Å²) >= 11 is 6.70. The topological polar surface area (TPSA) is 29.1 Å². The summed E-state index contributed by atoms with van der Waals surface area (Å²) in [4.78, 5) is 12.1. The van der Waals surface area contributed by atoms with E-state index in [-0.39, 0.29) is 22.8 Å². The fourth-order valence-corrected chi connectivity index (χ4v) is 2.64. The average molecular weight is 353 g/mol. The van der Waals surface area contributed by atoms with Crippen LogP contribution in [0.3, 0.4) is 0 Å². The maximum atomic E-state index is 12.1. The van der Waals surface area contributed by atoms with Gasteiger partial charge in [0, 0.05) is 5.54 Å². The van der Waals surface area contributed by atoms with E-state index in [4.69, 9.17) is 0 Å². The molecule has 1 aliphatic rings. The second kappa shape index (κ2) is 4.45. The van der Waals surface area contributed by atoms with Crippen molar-refractivity contribution in [3.8, 4) is 0 Å². The van der Waals surface area contributed by atoms with Crippen molar-refractivity contribution in [3.63, 3.8) is 0 Å². The Labute approximate surface area is 115 Å². The standard InChI is InChI=1S/C12H19Br2NO/c1-11(2,3)15-10(16)9-7(6-8(13)14)12(9,4)5/h6-7,9H,1-5H3,(H,15,16). The zero-order valence-corrected chi connectivity index (χ0v) is 13.6. The molecule has 1 rings (SSSR count). The highest BCUT2D eigenvalue weighted by atomic mass is 79.9. The van der Waals surface area contributed by atoms with Gasteiger partial charge in [-0.2, -0.15) is 0 Å². The number of halogens is 2. The van der Waals surface area contributed by atoms with Crippen molar-refractivity contribution in [1.29, 1.82) is 0 Å². The lowest BCUT2D eigenvalue weighted by Gasteiger charge is -2.21. The van der Waals surface area contributed by atoms with Crippen LogP contribution in [0.5, 0.6) is 0 Å². The molecule has 92 valence electrons. The van der Waals surface area contributed by atoms with E-state index < -0.39 is 0 Å². The molecular weight excluding hydrogens is 334 g/mol. The van der Waals surface area contributed by atoms with Crippen LogP contribution in [0.15, 0.2) is 9.47 Å². The number of carbonyl (C=O) groups excluding carboxylic acids is 1. The second-order valence-electron chi connectivity index (χ2n) is 6.02. The van der Waals surface area contributed by atoms with Crippen LogP contribution in [0.1, 0.15) is 34.6 Å². The van der Waals surface area contributed by atoms with Gasteiger partial charge in [-0.25, -0.2) is 0 Å². The Hall–Kier alpha value is 0.170. The van der Waals surface area contributed by atoms with Gasteiger partial charge in [-0.1, -0.05) is 19.9 Å². The van der Waals surface area contributed by atoms with E-state index in [0.717, 1.165) is 3.39 Å². The molecule has 0 saturated heterocycles. The molecular formula is C12H19Br2NO. The minimum Gasteiger partial charge on any atom is -0.351 e. The Balaban J connectivity index is 2.70. The van der Waals surface area contributed by atoms with Gasteiger partial charge in [0.1, 0.15) is 0 Å². The number of allylic oxidation sites excluding steroid dienone is 1. The fourth-order valence-electron chi connectivity index (χ4n) is 2.07. The lowest BCUT2D eigenvalue weighted by Crippen LogP contribution is -2.42. The second-order valence-corrected chi connectivity index (χ2v) is 8.79. The summed E-state index contributed by atoms with van der Waals surface area (Å²) in [6.07, 6.45) is 2.06. The van der Waals surface area contributed by atoms with Crippen LogP contribution < -0.4 is 5.32 Å². The third kappa shape index (κ3) is 3.33. The Morgan fingerprint density at radius 3 is 2.19 bits per heavy atom. The van der Waals surface area contributed by atoms with Crippen LogP contribution in [0.2, 0.25) is 0 Å². The molecule has 1 amide bonds. The maximum absolute atomic E-state index is 12.1. The third-order valence-corrected chi connectivity index (χ3v) is 3.53. The SMILES string of the molecule is CC(C)(C)NC(=O)C1C(C=C(Br)Br)C1(C)C.